The smallest absolute Gasteiger partial charge is 0.248 e. The number of alkyl halides is 2. The highest BCUT2D eigenvalue weighted by Crippen LogP contribution is 2.37. The molecule has 9 heteroatoms. The summed E-state index contributed by atoms with van der Waals surface area (Å²) in [5.74, 6) is -3.05. The average molecular weight is 611 g/mol. The third-order valence-corrected chi connectivity index (χ3v) is 10.2. The number of benzene rings is 1. The first-order chi connectivity index (χ1) is 21.3. The molecule has 2 fully saturated rings. The van der Waals surface area contributed by atoms with Crippen LogP contribution in [0.3, 0.4) is 0 Å². The first-order valence-corrected chi connectivity index (χ1v) is 16.9. The molecule has 1 saturated heterocycles. The molecular formula is C35H52F2N6O. The van der Waals surface area contributed by atoms with Gasteiger partial charge in [0.2, 0.25) is 11.8 Å². The standard InChI is InChI=1S/C35H52F2N6O/c1-41-23-24-42(22-16-31(27-9-3-2-4-10-27)40-34(44)29-14-17-35(36,37)18-15-29)25-30(41)26-43(21-6-5-19-38)32-13-7-11-28-12-8-20-39-33(28)32/h2-4,8-10,12,20,29-32H,5-7,11,13-19,21-26,38H2,1H3,(H,40,44)/t30-,31+,32?/m1/s1. The summed E-state index contributed by atoms with van der Waals surface area (Å²) in [6, 6.07) is 15.0. The minimum absolute atomic E-state index is 0.0832. The SMILES string of the molecule is CN1CCN(CC[C@H](NC(=O)C2CCC(F)(F)CC2)c2ccccc2)C[C@@H]1CN(CCCCN)C1CCCc2cccnc21. The number of carbonyl (C=O) groups is 1. The normalized spacial score (nSPS) is 23.8. The molecule has 1 aromatic carbocycles. The van der Waals surface area contributed by atoms with Crippen LogP contribution in [-0.2, 0) is 11.2 Å². The van der Waals surface area contributed by atoms with Crippen molar-refractivity contribution in [1.82, 2.24) is 25.0 Å². The van der Waals surface area contributed by atoms with Crippen molar-refractivity contribution in [3.8, 4) is 0 Å². The molecule has 5 rings (SSSR count). The minimum Gasteiger partial charge on any atom is -0.349 e. The van der Waals surface area contributed by atoms with Gasteiger partial charge in [0.15, 0.2) is 0 Å². The Labute approximate surface area is 262 Å². The number of piperazine rings is 1. The molecule has 2 aliphatic carbocycles. The van der Waals surface area contributed by atoms with Gasteiger partial charge in [-0.1, -0.05) is 36.4 Å². The van der Waals surface area contributed by atoms with Crippen molar-refractivity contribution in [2.45, 2.75) is 88.3 Å². The molecule has 3 N–H and O–H groups in total. The molecule has 3 aliphatic rings. The van der Waals surface area contributed by atoms with Gasteiger partial charge in [-0.05, 0) is 88.7 Å². The van der Waals surface area contributed by atoms with E-state index >= 15 is 0 Å². The average Bonchev–Trinajstić information content (AvgIpc) is 3.04. The largest absolute Gasteiger partial charge is 0.349 e. The van der Waals surface area contributed by atoms with E-state index in [1.165, 1.54) is 17.7 Å². The van der Waals surface area contributed by atoms with E-state index in [0.717, 1.165) is 83.5 Å². The Bertz CT molecular complexity index is 1170. The molecule has 0 spiro atoms. The van der Waals surface area contributed by atoms with Gasteiger partial charge in [-0.3, -0.25) is 19.6 Å². The molecule has 242 valence electrons. The zero-order chi connectivity index (χ0) is 30.9. The van der Waals surface area contributed by atoms with Gasteiger partial charge in [0, 0.05) is 63.7 Å². The number of hydrogen-bond donors (Lipinski definition) is 2. The van der Waals surface area contributed by atoms with E-state index in [9.17, 15) is 13.6 Å². The Hall–Kier alpha value is -2.46. The predicted molar refractivity (Wildman–Crippen MR) is 171 cm³/mol. The van der Waals surface area contributed by atoms with Crippen LogP contribution in [0.25, 0.3) is 0 Å². The highest BCUT2D eigenvalue weighted by molar-refractivity contribution is 5.79. The quantitative estimate of drug-likeness (QED) is 0.304. The number of aromatic nitrogens is 1. The van der Waals surface area contributed by atoms with Gasteiger partial charge in [-0.15, -0.1) is 0 Å². The number of rotatable bonds is 13. The number of unbranched alkanes of at least 4 members (excludes halogenated alkanes) is 1. The van der Waals surface area contributed by atoms with Gasteiger partial charge in [-0.2, -0.15) is 0 Å². The van der Waals surface area contributed by atoms with Gasteiger partial charge in [0.25, 0.3) is 0 Å². The summed E-state index contributed by atoms with van der Waals surface area (Å²) in [4.78, 5) is 25.8. The second-order valence-electron chi connectivity index (χ2n) is 13.3. The molecular weight excluding hydrogens is 558 g/mol. The van der Waals surface area contributed by atoms with Crippen LogP contribution >= 0.6 is 0 Å². The van der Waals surface area contributed by atoms with E-state index in [0.29, 0.717) is 12.1 Å². The summed E-state index contributed by atoms with van der Waals surface area (Å²) < 4.78 is 27.5. The van der Waals surface area contributed by atoms with Crippen molar-refractivity contribution in [2.24, 2.45) is 11.7 Å². The Morgan fingerprint density at radius 1 is 1.11 bits per heavy atom. The van der Waals surface area contributed by atoms with Crippen LogP contribution in [0.5, 0.6) is 0 Å². The molecule has 2 aromatic rings. The molecule has 1 saturated carbocycles. The van der Waals surface area contributed by atoms with Crippen LogP contribution in [0.2, 0.25) is 0 Å². The van der Waals surface area contributed by atoms with E-state index in [-0.39, 0.29) is 43.6 Å². The van der Waals surface area contributed by atoms with E-state index in [1.807, 2.05) is 24.4 Å². The van der Waals surface area contributed by atoms with Crippen LogP contribution in [0.15, 0.2) is 48.7 Å². The maximum atomic E-state index is 13.7. The van der Waals surface area contributed by atoms with Crippen molar-refractivity contribution in [3.63, 3.8) is 0 Å². The van der Waals surface area contributed by atoms with Gasteiger partial charge in [0.1, 0.15) is 0 Å². The van der Waals surface area contributed by atoms with E-state index < -0.39 is 5.92 Å². The summed E-state index contributed by atoms with van der Waals surface area (Å²) >= 11 is 0. The number of pyridine rings is 1. The Morgan fingerprint density at radius 3 is 2.68 bits per heavy atom. The first-order valence-electron chi connectivity index (χ1n) is 16.9. The first kappa shape index (κ1) is 32.9. The van der Waals surface area contributed by atoms with Gasteiger partial charge in [-0.25, -0.2) is 8.78 Å². The Kier molecular flexibility index (Phi) is 11.7. The molecule has 2 heterocycles. The lowest BCUT2D eigenvalue weighted by atomic mass is 9.86. The number of nitrogens with zero attached hydrogens (tertiary/aromatic N) is 4. The van der Waals surface area contributed by atoms with Gasteiger partial charge >= 0.3 is 0 Å². The number of nitrogens with one attached hydrogen (secondary N) is 1. The summed E-state index contributed by atoms with van der Waals surface area (Å²) in [6.07, 6.45) is 8.40. The van der Waals surface area contributed by atoms with Crippen LogP contribution in [-0.4, -0.2) is 90.4 Å². The van der Waals surface area contributed by atoms with Crippen molar-refractivity contribution in [1.29, 1.82) is 0 Å². The third-order valence-electron chi connectivity index (χ3n) is 10.2. The third kappa shape index (κ3) is 8.83. The number of fused-ring (bicyclic) bond motifs is 1. The number of hydrogen-bond acceptors (Lipinski definition) is 6. The maximum Gasteiger partial charge on any atom is 0.248 e. The van der Waals surface area contributed by atoms with Crippen molar-refractivity contribution < 1.29 is 13.6 Å². The highest BCUT2D eigenvalue weighted by atomic mass is 19.3. The highest BCUT2D eigenvalue weighted by Gasteiger charge is 2.38. The van der Waals surface area contributed by atoms with Crippen LogP contribution in [0.4, 0.5) is 8.78 Å². The molecule has 0 bridgehead atoms. The lowest BCUT2D eigenvalue weighted by Crippen LogP contribution is -2.56. The zero-order valence-corrected chi connectivity index (χ0v) is 26.5. The molecule has 7 nitrogen and oxygen atoms in total. The fourth-order valence-electron chi connectivity index (χ4n) is 7.37. The molecule has 3 atom stereocenters. The fraction of sp³-hybridized carbons (Fsp3) is 0.657. The lowest BCUT2D eigenvalue weighted by molar-refractivity contribution is -0.130. The van der Waals surface area contributed by atoms with Crippen molar-refractivity contribution in [3.05, 3.63) is 65.5 Å². The second kappa shape index (κ2) is 15.7. The summed E-state index contributed by atoms with van der Waals surface area (Å²) in [5.41, 5.74) is 9.59. The molecule has 0 radical (unpaired) electrons. The van der Waals surface area contributed by atoms with Crippen molar-refractivity contribution in [2.75, 3.05) is 52.9 Å². The van der Waals surface area contributed by atoms with E-state index in [4.69, 9.17) is 10.7 Å². The number of aryl methyl sites for hydroxylation is 1. The Balaban J connectivity index is 1.22. The molecule has 1 unspecified atom stereocenters. The number of amides is 1. The molecule has 1 aromatic heterocycles. The van der Waals surface area contributed by atoms with Gasteiger partial charge in [0.05, 0.1) is 17.8 Å². The summed E-state index contributed by atoms with van der Waals surface area (Å²) in [7, 11) is 2.24. The lowest BCUT2D eigenvalue weighted by Gasteiger charge is -2.44. The molecule has 1 amide bonds. The summed E-state index contributed by atoms with van der Waals surface area (Å²) in [6.45, 7) is 6.56. The number of halogens is 2. The second-order valence-corrected chi connectivity index (χ2v) is 13.3. The number of carbonyl (C=O) groups excluding carboxylic acids is 1. The maximum absolute atomic E-state index is 13.7. The van der Waals surface area contributed by atoms with Crippen LogP contribution < -0.4 is 11.1 Å². The van der Waals surface area contributed by atoms with Crippen molar-refractivity contribution >= 4 is 5.91 Å². The Morgan fingerprint density at radius 2 is 1.91 bits per heavy atom. The van der Waals surface area contributed by atoms with Crippen LogP contribution in [0.1, 0.15) is 86.7 Å². The van der Waals surface area contributed by atoms with E-state index in [1.54, 1.807) is 0 Å². The van der Waals surface area contributed by atoms with E-state index in [2.05, 4.69) is 51.3 Å². The topological polar surface area (TPSA) is 77.7 Å². The predicted octanol–water partition coefficient (Wildman–Crippen LogP) is 5.19. The fourth-order valence-corrected chi connectivity index (χ4v) is 7.37. The van der Waals surface area contributed by atoms with Gasteiger partial charge < -0.3 is 16.0 Å². The molecule has 1 aliphatic heterocycles. The van der Waals surface area contributed by atoms with Crippen LogP contribution in [0, 0.1) is 5.92 Å². The monoisotopic (exact) mass is 610 g/mol. The number of nitrogens with two attached hydrogens (primary N) is 1. The molecule has 44 heavy (non-hydrogen) atoms. The zero-order valence-electron chi connectivity index (χ0n) is 26.5. The minimum atomic E-state index is -2.63. The summed E-state index contributed by atoms with van der Waals surface area (Å²) in [5, 5.41) is 3.26. The number of likely N-dealkylation sites (N-methyl/N-ethyl adjacent to an activating group) is 1.